The zero-order chi connectivity index (χ0) is 45.6. The molecule has 1 amide bonds. The fraction of sp³-hybridized carbons (Fsp3) is 0.812. The van der Waals surface area contributed by atoms with E-state index in [-0.39, 0.29) is 62.2 Å². The van der Waals surface area contributed by atoms with Crippen LogP contribution in [0.25, 0.3) is 0 Å². The second kappa shape index (κ2) is 21.9. The van der Waals surface area contributed by atoms with E-state index in [0.29, 0.717) is 50.5 Å². The number of amides is 1. The van der Waals surface area contributed by atoms with E-state index in [1.54, 1.807) is 20.8 Å². The largest absolute Gasteiger partial charge is 0.456 e. The van der Waals surface area contributed by atoms with Crippen LogP contribution in [0.5, 0.6) is 0 Å². The molecular weight excluding hydrogens is 783 g/mol. The molecule has 0 radical (unpaired) electrons. The number of Topliss-reactive ketones (excluding diaryl/α,β-unsaturated/α-hetero) is 1. The number of nitrogens with zero attached hydrogens (tertiary/aromatic N) is 1. The lowest BCUT2D eigenvalue weighted by Crippen LogP contribution is -2.61. The van der Waals surface area contributed by atoms with E-state index in [4.69, 9.17) is 18.9 Å². The topological polar surface area (TPSA) is 193 Å². The highest BCUT2D eigenvalue weighted by molar-refractivity contribution is 6.39. The summed E-state index contributed by atoms with van der Waals surface area (Å²) in [6.45, 7) is 20.7. The average Bonchev–Trinajstić information content (AvgIpc) is 3.19. The van der Waals surface area contributed by atoms with Crippen molar-refractivity contribution < 1.29 is 58.9 Å². The molecule has 61 heavy (non-hydrogen) atoms. The number of carbonyl (C=O) groups excluding carboxylic acids is 3. The lowest BCUT2D eigenvalue weighted by Gasteiger charge is -2.43. The van der Waals surface area contributed by atoms with E-state index in [1.807, 2.05) is 60.6 Å². The number of aliphatic hydroxyl groups excluding tert-OH is 4. The Kier molecular flexibility index (Phi) is 18.4. The highest BCUT2D eigenvalue weighted by atomic mass is 16.7. The molecular formula is C48H79NO12. The van der Waals surface area contributed by atoms with Crippen molar-refractivity contribution in [1.82, 2.24) is 4.90 Å². The number of piperidine rings is 1. The normalized spacial score (nSPS) is 41.2. The summed E-state index contributed by atoms with van der Waals surface area (Å²) in [5.74, 6) is -7.95. The minimum absolute atomic E-state index is 0.0130. The van der Waals surface area contributed by atoms with Crippen molar-refractivity contribution in [2.24, 2.45) is 29.6 Å². The molecule has 348 valence electrons. The van der Waals surface area contributed by atoms with Gasteiger partial charge in [-0.1, -0.05) is 59.8 Å². The Labute approximate surface area is 364 Å². The van der Waals surface area contributed by atoms with Crippen molar-refractivity contribution in [3.63, 3.8) is 0 Å². The highest BCUT2D eigenvalue weighted by Crippen LogP contribution is 2.38. The first-order valence-corrected chi connectivity index (χ1v) is 23.1. The molecule has 4 rings (SSSR count). The highest BCUT2D eigenvalue weighted by Gasteiger charge is 2.53. The molecule has 4 bridgehead atoms. The van der Waals surface area contributed by atoms with Gasteiger partial charge in [0.15, 0.2) is 5.79 Å². The van der Waals surface area contributed by atoms with Crippen molar-refractivity contribution in [2.75, 3.05) is 6.54 Å². The molecule has 13 nitrogen and oxygen atoms in total. The van der Waals surface area contributed by atoms with Gasteiger partial charge in [-0.25, -0.2) is 4.79 Å². The smallest absolute Gasteiger partial charge is 0.329 e. The maximum Gasteiger partial charge on any atom is 0.329 e. The van der Waals surface area contributed by atoms with Gasteiger partial charge in [-0.05, 0) is 115 Å². The fourth-order valence-corrected chi connectivity index (χ4v) is 9.61. The summed E-state index contributed by atoms with van der Waals surface area (Å²) in [6.07, 6.45) is 4.74. The average molecular weight is 862 g/mol. The van der Waals surface area contributed by atoms with Crippen LogP contribution >= 0.6 is 0 Å². The third-order valence-electron chi connectivity index (χ3n) is 13.8. The molecule has 0 aliphatic carbocycles. The summed E-state index contributed by atoms with van der Waals surface area (Å²) >= 11 is 0. The Bertz CT molecular complexity index is 1590. The number of cyclic esters (lactones) is 1. The summed E-state index contributed by atoms with van der Waals surface area (Å²) in [4.78, 5) is 43.6. The van der Waals surface area contributed by atoms with Crippen molar-refractivity contribution >= 4 is 17.7 Å². The first kappa shape index (κ1) is 51.1. The predicted octanol–water partition coefficient (Wildman–Crippen LogP) is 6.07. The number of hydrogen-bond donors (Lipinski definition) is 5. The summed E-state index contributed by atoms with van der Waals surface area (Å²) < 4.78 is 24.9. The Morgan fingerprint density at radius 3 is 2.21 bits per heavy atom. The number of rotatable bonds is 4. The predicted molar refractivity (Wildman–Crippen MR) is 232 cm³/mol. The van der Waals surface area contributed by atoms with Gasteiger partial charge < -0.3 is 49.4 Å². The molecule has 5 N–H and O–H groups in total. The van der Waals surface area contributed by atoms with E-state index in [0.717, 1.165) is 11.1 Å². The molecule has 4 heterocycles. The number of ketones is 1. The second-order valence-electron chi connectivity index (χ2n) is 19.6. The number of fused-ring (bicyclic) bond motifs is 5. The first-order valence-electron chi connectivity index (χ1n) is 23.1. The lowest BCUT2D eigenvalue weighted by atomic mass is 9.83. The maximum atomic E-state index is 14.2. The Morgan fingerprint density at radius 1 is 0.918 bits per heavy atom. The van der Waals surface area contributed by atoms with Crippen LogP contribution in [0.15, 0.2) is 34.9 Å². The molecule has 0 saturated carbocycles. The van der Waals surface area contributed by atoms with Crippen LogP contribution in [0.3, 0.4) is 0 Å². The number of carbonyl (C=O) groups is 3. The molecule has 15 unspecified atom stereocenters. The van der Waals surface area contributed by atoms with Crippen molar-refractivity contribution in [3.8, 4) is 0 Å². The molecule has 4 aliphatic heterocycles. The summed E-state index contributed by atoms with van der Waals surface area (Å²) in [5.41, 5.74) is 2.54. The lowest BCUT2D eigenvalue weighted by molar-refractivity contribution is -0.296. The van der Waals surface area contributed by atoms with Gasteiger partial charge in [-0.15, -0.1) is 0 Å². The Balaban J connectivity index is 1.72. The van der Waals surface area contributed by atoms with Crippen LogP contribution in [0.2, 0.25) is 0 Å². The molecule has 0 spiro atoms. The minimum Gasteiger partial charge on any atom is -0.456 e. The van der Waals surface area contributed by atoms with Crippen molar-refractivity contribution in [2.45, 2.75) is 213 Å². The standard InChI is InChI=1S/C48H79NO12/c1-12-35-17-19-41(30(5)23-28(3)34(9)50)58-46(56)38-15-13-14-20-49(38)45(55)44(54)48(57)32(7)16-18-36(60-48)24-39(51)33(8)40(52)25-37-26-42(61-47(10,11)59-37)29(4)21-27(2)22-31(6)43(35)53/h17,21,23,27-28,31-34,36-43,50-53,57H,12-16,18-20,22,24-26H2,1-11H3/b29-21+,30-23+,35-17+. The SMILES string of the molecule is CC/C1=C\CC(/C(C)=C/C(C)C(C)O)OC(=O)C2CCCCN2C(=O)C(=O)C2(O)OC(CCC2C)CC(O)C(C)C(O)CC2CC(OC(C)(C)O2)/C(C)=C/C(C)CC(C)C1O. The molecule has 4 aliphatic rings. The van der Waals surface area contributed by atoms with Gasteiger partial charge in [0.25, 0.3) is 11.7 Å². The number of ether oxygens (including phenoxy) is 4. The summed E-state index contributed by atoms with van der Waals surface area (Å²) in [7, 11) is 0. The van der Waals surface area contributed by atoms with Crippen LogP contribution in [0, 0.1) is 29.6 Å². The van der Waals surface area contributed by atoms with Gasteiger partial charge in [0.2, 0.25) is 5.79 Å². The van der Waals surface area contributed by atoms with E-state index in [2.05, 4.69) is 13.0 Å². The van der Waals surface area contributed by atoms with E-state index < -0.39 is 83.7 Å². The van der Waals surface area contributed by atoms with Crippen molar-refractivity contribution in [1.29, 1.82) is 0 Å². The zero-order valence-electron chi connectivity index (χ0n) is 38.8. The monoisotopic (exact) mass is 862 g/mol. The van der Waals surface area contributed by atoms with Gasteiger partial charge in [-0.3, -0.25) is 9.59 Å². The molecule has 0 aromatic heterocycles. The molecule has 3 saturated heterocycles. The molecule has 0 aromatic rings. The number of esters is 1. The molecule has 13 heteroatoms. The van der Waals surface area contributed by atoms with Crippen LogP contribution in [-0.2, 0) is 33.3 Å². The van der Waals surface area contributed by atoms with Gasteiger partial charge in [-0.2, -0.15) is 0 Å². The van der Waals surface area contributed by atoms with Crippen LogP contribution in [-0.4, -0.2) is 121 Å². The number of hydrogen-bond acceptors (Lipinski definition) is 12. The Morgan fingerprint density at radius 2 is 1.57 bits per heavy atom. The third-order valence-corrected chi connectivity index (χ3v) is 13.8. The third kappa shape index (κ3) is 13.3. The zero-order valence-corrected chi connectivity index (χ0v) is 38.8. The fourth-order valence-electron chi connectivity index (χ4n) is 9.61. The van der Waals surface area contributed by atoms with Crippen molar-refractivity contribution in [3.05, 3.63) is 34.9 Å². The van der Waals surface area contributed by atoms with Gasteiger partial charge in [0.05, 0.1) is 42.7 Å². The maximum absolute atomic E-state index is 14.2. The first-order chi connectivity index (χ1) is 28.5. The Hall–Kier alpha value is -2.49. The molecule has 0 aromatic carbocycles. The van der Waals surface area contributed by atoms with E-state index >= 15 is 0 Å². The number of aliphatic hydroxyl groups is 5. The van der Waals surface area contributed by atoms with Gasteiger partial charge in [0.1, 0.15) is 12.1 Å². The second-order valence-corrected chi connectivity index (χ2v) is 19.6. The molecule has 15 atom stereocenters. The van der Waals surface area contributed by atoms with Gasteiger partial charge in [0, 0.05) is 43.6 Å². The summed E-state index contributed by atoms with van der Waals surface area (Å²) in [5, 5.41) is 56.7. The minimum atomic E-state index is -2.49. The van der Waals surface area contributed by atoms with Crippen LogP contribution in [0.4, 0.5) is 0 Å². The van der Waals surface area contributed by atoms with E-state index in [1.165, 1.54) is 4.90 Å². The van der Waals surface area contributed by atoms with Gasteiger partial charge >= 0.3 is 5.97 Å². The van der Waals surface area contributed by atoms with Crippen LogP contribution in [0.1, 0.15) is 147 Å². The van der Waals surface area contributed by atoms with E-state index in [9.17, 15) is 39.9 Å². The summed E-state index contributed by atoms with van der Waals surface area (Å²) in [6, 6.07) is -1.09. The molecule has 3 fully saturated rings. The quantitative estimate of drug-likeness (QED) is 0.125. The number of allylic oxidation sites excluding steroid dienone is 1. The van der Waals surface area contributed by atoms with Crippen LogP contribution < -0.4 is 0 Å².